The molecule has 0 amide bonds. The molecule has 6 heteroatoms. The lowest BCUT2D eigenvalue weighted by atomic mass is 10.0. The van der Waals surface area contributed by atoms with E-state index in [-0.39, 0.29) is 31.6 Å². The highest BCUT2D eigenvalue weighted by molar-refractivity contribution is 5.72. The van der Waals surface area contributed by atoms with E-state index >= 15 is 0 Å². The molecule has 328 valence electrons. The molecule has 6 nitrogen and oxygen atoms in total. The SMILES string of the molecule is CC/C=C\C/C=C\C/C=C\CC(=O)OCC(COC(=O)CCCCCCCC/C=C\C=C/CCCCC)OC(=O)CCCCCCCCCCCCCCCCC. The number of ether oxygens (including phenoxy) is 3. The summed E-state index contributed by atoms with van der Waals surface area (Å²) >= 11 is 0. The summed E-state index contributed by atoms with van der Waals surface area (Å²) in [6.45, 7) is 6.38. The quantitative estimate of drug-likeness (QED) is 0.0201. The van der Waals surface area contributed by atoms with Crippen molar-refractivity contribution in [1.29, 1.82) is 0 Å². The van der Waals surface area contributed by atoms with Crippen LogP contribution >= 0.6 is 0 Å². The van der Waals surface area contributed by atoms with E-state index in [1.165, 1.54) is 122 Å². The van der Waals surface area contributed by atoms with Crippen molar-refractivity contribution in [2.75, 3.05) is 13.2 Å². The highest BCUT2D eigenvalue weighted by Gasteiger charge is 2.19. The minimum absolute atomic E-state index is 0.106. The number of unbranched alkanes of at least 4 members (excludes halogenated alkanes) is 23. The number of hydrogen-bond donors (Lipinski definition) is 0. The van der Waals surface area contributed by atoms with E-state index in [1.807, 2.05) is 6.08 Å². The second kappa shape index (κ2) is 45.8. The average Bonchev–Trinajstić information content (AvgIpc) is 3.21. The number of allylic oxidation sites excluding steroid dienone is 9. The van der Waals surface area contributed by atoms with Crippen molar-refractivity contribution >= 4 is 17.9 Å². The van der Waals surface area contributed by atoms with Gasteiger partial charge in [-0.05, 0) is 57.8 Å². The maximum atomic E-state index is 12.7. The Labute approximate surface area is 351 Å². The summed E-state index contributed by atoms with van der Waals surface area (Å²) in [4.78, 5) is 37.7. The monoisotopic (exact) mass is 797 g/mol. The predicted octanol–water partition coefficient (Wildman–Crippen LogP) is 15.3. The molecule has 0 spiro atoms. The molecule has 0 aliphatic rings. The van der Waals surface area contributed by atoms with Crippen LogP contribution in [-0.4, -0.2) is 37.2 Å². The smallest absolute Gasteiger partial charge is 0.309 e. The normalized spacial score (nSPS) is 12.5. The molecule has 0 N–H and O–H groups in total. The largest absolute Gasteiger partial charge is 0.462 e. The van der Waals surface area contributed by atoms with Crippen LogP contribution in [0.1, 0.15) is 226 Å². The van der Waals surface area contributed by atoms with Gasteiger partial charge in [0.05, 0.1) is 6.42 Å². The van der Waals surface area contributed by atoms with Crippen molar-refractivity contribution in [2.45, 2.75) is 232 Å². The van der Waals surface area contributed by atoms with Crippen LogP contribution in [0.5, 0.6) is 0 Å². The van der Waals surface area contributed by atoms with Gasteiger partial charge in [-0.15, -0.1) is 0 Å². The van der Waals surface area contributed by atoms with E-state index in [0.717, 1.165) is 64.2 Å². The number of carbonyl (C=O) groups excluding carboxylic acids is 3. The van der Waals surface area contributed by atoms with Crippen molar-refractivity contribution in [3.05, 3.63) is 60.8 Å². The molecule has 0 bridgehead atoms. The molecule has 0 aromatic rings. The molecule has 0 rings (SSSR count). The Balaban J connectivity index is 4.40. The third-order valence-corrected chi connectivity index (χ3v) is 10.1. The van der Waals surface area contributed by atoms with Crippen LogP contribution in [-0.2, 0) is 28.6 Å². The standard InChI is InChI=1S/C51H88O6/c1-4-7-10-13-16-19-21-23-25-27-29-32-35-38-41-44-50(53)56-47-48(46-55-49(52)43-40-37-34-31-18-15-12-9-6-3)57-51(54)45-42-39-36-33-30-28-26-24-22-20-17-14-11-8-5-2/h9,12,16,18-19,21,23,31,37,40,48H,4-8,10-11,13-15,17,20,22,24-30,32-36,38-39,41-47H2,1-3H3/b12-9-,19-16-,23-21-,31-18-,40-37-. The Hall–Kier alpha value is -2.89. The average molecular weight is 797 g/mol. The number of hydrogen-bond acceptors (Lipinski definition) is 6. The van der Waals surface area contributed by atoms with Crippen LogP contribution in [0.2, 0.25) is 0 Å². The first-order valence-electron chi connectivity index (χ1n) is 23.8. The summed E-state index contributed by atoms with van der Waals surface area (Å²) in [5.74, 6) is -1.04. The van der Waals surface area contributed by atoms with Gasteiger partial charge < -0.3 is 14.2 Å². The zero-order valence-electron chi connectivity index (χ0n) is 37.3. The first-order chi connectivity index (χ1) is 28.0. The van der Waals surface area contributed by atoms with E-state index in [1.54, 1.807) is 6.08 Å². The second-order valence-corrected chi connectivity index (χ2v) is 15.7. The number of esters is 3. The molecule has 1 atom stereocenters. The Morgan fingerprint density at radius 3 is 1.30 bits per heavy atom. The topological polar surface area (TPSA) is 78.9 Å². The maximum absolute atomic E-state index is 12.7. The summed E-state index contributed by atoms with van der Waals surface area (Å²) < 4.78 is 16.6. The van der Waals surface area contributed by atoms with Gasteiger partial charge in [0.1, 0.15) is 13.2 Å². The summed E-state index contributed by atoms with van der Waals surface area (Å²) in [5.41, 5.74) is 0. The minimum Gasteiger partial charge on any atom is -0.462 e. The van der Waals surface area contributed by atoms with Gasteiger partial charge in [0.15, 0.2) is 6.10 Å². The van der Waals surface area contributed by atoms with Crippen LogP contribution in [0.15, 0.2) is 60.8 Å². The van der Waals surface area contributed by atoms with Gasteiger partial charge in [-0.25, -0.2) is 0 Å². The van der Waals surface area contributed by atoms with E-state index < -0.39 is 12.1 Å². The minimum atomic E-state index is -0.810. The second-order valence-electron chi connectivity index (χ2n) is 15.7. The molecule has 0 aromatic carbocycles. The Morgan fingerprint density at radius 2 is 0.789 bits per heavy atom. The lowest BCUT2D eigenvalue weighted by molar-refractivity contribution is -0.166. The molecule has 0 aliphatic carbocycles. The van der Waals surface area contributed by atoms with Gasteiger partial charge in [0, 0.05) is 12.8 Å². The summed E-state index contributed by atoms with van der Waals surface area (Å²) in [6.07, 6.45) is 55.2. The van der Waals surface area contributed by atoms with Gasteiger partial charge in [0.2, 0.25) is 0 Å². The zero-order chi connectivity index (χ0) is 41.5. The molecule has 57 heavy (non-hydrogen) atoms. The van der Waals surface area contributed by atoms with Crippen molar-refractivity contribution in [3.63, 3.8) is 0 Å². The lowest BCUT2D eigenvalue weighted by Crippen LogP contribution is -2.30. The Morgan fingerprint density at radius 1 is 0.404 bits per heavy atom. The molecular weight excluding hydrogens is 709 g/mol. The van der Waals surface area contributed by atoms with Gasteiger partial charge in [-0.3, -0.25) is 14.4 Å². The van der Waals surface area contributed by atoms with Crippen molar-refractivity contribution in [3.8, 4) is 0 Å². The molecule has 0 aromatic heterocycles. The van der Waals surface area contributed by atoms with Crippen LogP contribution < -0.4 is 0 Å². The van der Waals surface area contributed by atoms with Crippen molar-refractivity contribution < 1.29 is 28.6 Å². The Kier molecular flexibility index (Phi) is 43.5. The molecule has 0 saturated heterocycles. The van der Waals surface area contributed by atoms with E-state index in [2.05, 4.69) is 69.4 Å². The third-order valence-electron chi connectivity index (χ3n) is 10.1. The van der Waals surface area contributed by atoms with Crippen LogP contribution in [0.4, 0.5) is 0 Å². The Bertz CT molecular complexity index is 1050. The van der Waals surface area contributed by atoms with Crippen LogP contribution in [0.3, 0.4) is 0 Å². The summed E-state index contributed by atoms with van der Waals surface area (Å²) in [7, 11) is 0. The summed E-state index contributed by atoms with van der Waals surface area (Å²) in [6, 6.07) is 0. The first kappa shape index (κ1) is 54.1. The van der Waals surface area contributed by atoms with Crippen molar-refractivity contribution in [2.24, 2.45) is 0 Å². The lowest BCUT2D eigenvalue weighted by Gasteiger charge is -2.18. The van der Waals surface area contributed by atoms with Gasteiger partial charge in [-0.1, -0.05) is 210 Å². The van der Waals surface area contributed by atoms with Crippen molar-refractivity contribution in [1.82, 2.24) is 0 Å². The van der Waals surface area contributed by atoms with E-state index in [4.69, 9.17) is 14.2 Å². The van der Waals surface area contributed by atoms with E-state index in [0.29, 0.717) is 12.8 Å². The molecule has 0 fully saturated rings. The predicted molar refractivity (Wildman–Crippen MR) is 242 cm³/mol. The maximum Gasteiger partial charge on any atom is 0.309 e. The van der Waals surface area contributed by atoms with E-state index in [9.17, 15) is 14.4 Å². The highest BCUT2D eigenvalue weighted by atomic mass is 16.6. The molecular formula is C51H88O6. The zero-order valence-corrected chi connectivity index (χ0v) is 37.3. The molecule has 1 unspecified atom stereocenters. The fourth-order valence-electron chi connectivity index (χ4n) is 6.49. The fraction of sp³-hybridized carbons (Fsp3) is 0.745. The fourth-order valence-corrected chi connectivity index (χ4v) is 6.49. The van der Waals surface area contributed by atoms with Crippen LogP contribution in [0.25, 0.3) is 0 Å². The number of carbonyl (C=O) groups is 3. The molecule has 0 saturated carbocycles. The highest BCUT2D eigenvalue weighted by Crippen LogP contribution is 2.15. The molecule has 0 aliphatic heterocycles. The van der Waals surface area contributed by atoms with Gasteiger partial charge >= 0.3 is 17.9 Å². The molecule has 0 heterocycles. The van der Waals surface area contributed by atoms with Gasteiger partial charge in [-0.2, -0.15) is 0 Å². The number of rotatable bonds is 42. The third kappa shape index (κ3) is 44.1. The first-order valence-corrected chi connectivity index (χ1v) is 23.8. The summed E-state index contributed by atoms with van der Waals surface area (Å²) in [5, 5.41) is 0. The van der Waals surface area contributed by atoms with Crippen LogP contribution in [0, 0.1) is 0 Å². The molecule has 0 radical (unpaired) electrons. The van der Waals surface area contributed by atoms with Gasteiger partial charge in [0.25, 0.3) is 0 Å².